The second kappa shape index (κ2) is 8.82. The molecule has 0 unspecified atom stereocenters. The number of ether oxygens (including phenoxy) is 2. The number of unbranched alkanes of at least 4 members (excludes halogenated alkanes) is 4. The van der Waals surface area contributed by atoms with Crippen LogP contribution >= 0.6 is 0 Å². The molecular weight excluding hydrogens is 236 g/mol. The Morgan fingerprint density at radius 1 is 1.00 bits per heavy atom. The Morgan fingerprint density at radius 2 is 1.67 bits per heavy atom. The summed E-state index contributed by atoms with van der Waals surface area (Å²) in [6, 6.07) is 0. The molecule has 108 valence electrons. The minimum Gasteiger partial charge on any atom is -0.394 e. The Kier molecular flexibility index (Phi) is 7.77. The predicted molar refractivity (Wildman–Crippen MR) is 67.3 cm³/mol. The molecular formula is C13H26O5. The zero-order valence-electron chi connectivity index (χ0n) is 11.1. The van der Waals surface area contributed by atoms with Crippen molar-refractivity contribution in [2.24, 2.45) is 0 Å². The molecule has 1 saturated heterocycles. The quantitative estimate of drug-likeness (QED) is 0.526. The molecule has 1 fully saturated rings. The predicted octanol–water partition coefficient (Wildman–Crippen LogP) is 0.455. The molecule has 0 radical (unpaired) electrons. The highest BCUT2D eigenvalue weighted by atomic mass is 16.6. The van der Waals surface area contributed by atoms with Gasteiger partial charge in [-0.3, -0.25) is 0 Å². The van der Waals surface area contributed by atoms with Crippen molar-refractivity contribution in [1.82, 2.24) is 0 Å². The van der Waals surface area contributed by atoms with E-state index < -0.39 is 24.4 Å². The molecule has 1 aliphatic heterocycles. The lowest BCUT2D eigenvalue weighted by Crippen LogP contribution is -2.35. The minimum absolute atomic E-state index is 0.266. The van der Waals surface area contributed by atoms with Crippen molar-refractivity contribution < 1.29 is 24.8 Å². The second-order valence-electron chi connectivity index (χ2n) is 4.87. The molecule has 5 nitrogen and oxygen atoms in total. The van der Waals surface area contributed by atoms with E-state index >= 15 is 0 Å². The molecule has 1 heterocycles. The fourth-order valence-electron chi connectivity index (χ4n) is 2.12. The fraction of sp³-hybridized carbons (Fsp3) is 1.00. The van der Waals surface area contributed by atoms with E-state index in [4.69, 9.17) is 14.6 Å². The van der Waals surface area contributed by atoms with E-state index in [0.29, 0.717) is 6.61 Å². The molecule has 18 heavy (non-hydrogen) atoms. The van der Waals surface area contributed by atoms with Gasteiger partial charge in [0, 0.05) is 6.61 Å². The van der Waals surface area contributed by atoms with E-state index in [1.807, 2.05) is 0 Å². The third-order valence-electron chi connectivity index (χ3n) is 3.32. The molecule has 5 heteroatoms. The van der Waals surface area contributed by atoms with Crippen LogP contribution in [0.1, 0.15) is 39.0 Å². The van der Waals surface area contributed by atoms with Gasteiger partial charge in [0.1, 0.15) is 24.4 Å². The maximum atomic E-state index is 9.67. The first-order chi connectivity index (χ1) is 8.70. The summed E-state index contributed by atoms with van der Waals surface area (Å²) >= 11 is 0. The van der Waals surface area contributed by atoms with Gasteiger partial charge < -0.3 is 24.8 Å². The fourth-order valence-corrected chi connectivity index (χ4v) is 2.12. The number of aliphatic hydroxyl groups excluding tert-OH is 3. The Hall–Kier alpha value is -0.200. The summed E-state index contributed by atoms with van der Waals surface area (Å²) in [5.41, 5.74) is 0. The summed E-state index contributed by atoms with van der Waals surface area (Å²) in [5.74, 6) is 0. The van der Waals surface area contributed by atoms with Crippen LogP contribution in [-0.2, 0) is 9.47 Å². The molecule has 0 spiro atoms. The molecule has 0 saturated carbocycles. The van der Waals surface area contributed by atoms with Gasteiger partial charge in [0.05, 0.1) is 13.2 Å². The molecule has 0 aliphatic carbocycles. The monoisotopic (exact) mass is 262 g/mol. The number of hydrogen-bond donors (Lipinski definition) is 3. The van der Waals surface area contributed by atoms with Gasteiger partial charge in [-0.05, 0) is 6.42 Å². The highest BCUT2D eigenvalue weighted by Gasteiger charge is 2.42. The number of aliphatic hydroxyl groups is 3. The zero-order valence-corrected chi connectivity index (χ0v) is 11.1. The van der Waals surface area contributed by atoms with Crippen molar-refractivity contribution >= 4 is 0 Å². The van der Waals surface area contributed by atoms with Crippen molar-refractivity contribution in [3.8, 4) is 0 Å². The van der Waals surface area contributed by atoms with Crippen LogP contribution in [0, 0.1) is 0 Å². The average Bonchev–Trinajstić information content (AvgIpc) is 2.65. The van der Waals surface area contributed by atoms with Crippen molar-refractivity contribution in [2.45, 2.75) is 63.4 Å². The summed E-state index contributed by atoms with van der Waals surface area (Å²) in [6.45, 7) is 2.81. The summed E-state index contributed by atoms with van der Waals surface area (Å²) in [7, 11) is 0. The smallest absolute Gasteiger partial charge is 0.111 e. The highest BCUT2D eigenvalue weighted by Crippen LogP contribution is 2.21. The first kappa shape index (κ1) is 15.9. The largest absolute Gasteiger partial charge is 0.394 e. The third kappa shape index (κ3) is 4.82. The van der Waals surface area contributed by atoms with E-state index in [-0.39, 0.29) is 13.2 Å². The van der Waals surface area contributed by atoms with E-state index in [0.717, 1.165) is 12.8 Å². The van der Waals surface area contributed by atoms with Crippen molar-refractivity contribution in [1.29, 1.82) is 0 Å². The van der Waals surface area contributed by atoms with Gasteiger partial charge in [-0.2, -0.15) is 0 Å². The first-order valence-corrected chi connectivity index (χ1v) is 6.90. The zero-order chi connectivity index (χ0) is 13.4. The molecule has 0 aromatic rings. The summed E-state index contributed by atoms with van der Waals surface area (Å²) in [4.78, 5) is 0. The van der Waals surface area contributed by atoms with Gasteiger partial charge in [0.15, 0.2) is 0 Å². The van der Waals surface area contributed by atoms with Gasteiger partial charge in [-0.15, -0.1) is 0 Å². The van der Waals surface area contributed by atoms with Gasteiger partial charge in [-0.25, -0.2) is 0 Å². The average molecular weight is 262 g/mol. The maximum Gasteiger partial charge on any atom is 0.111 e. The Morgan fingerprint density at radius 3 is 2.28 bits per heavy atom. The molecule has 3 N–H and O–H groups in total. The van der Waals surface area contributed by atoms with Gasteiger partial charge in [-0.1, -0.05) is 32.6 Å². The van der Waals surface area contributed by atoms with Crippen LogP contribution < -0.4 is 0 Å². The first-order valence-electron chi connectivity index (χ1n) is 6.90. The van der Waals surface area contributed by atoms with Crippen molar-refractivity contribution in [3.05, 3.63) is 0 Å². The van der Waals surface area contributed by atoms with E-state index in [9.17, 15) is 10.2 Å². The van der Waals surface area contributed by atoms with Crippen LogP contribution in [0.2, 0.25) is 0 Å². The van der Waals surface area contributed by atoms with E-state index in [2.05, 4.69) is 6.92 Å². The van der Waals surface area contributed by atoms with Crippen molar-refractivity contribution in [2.75, 3.05) is 19.8 Å². The highest BCUT2D eigenvalue weighted by molar-refractivity contribution is 4.90. The maximum absolute atomic E-state index is 9.67. The van der Waals surface area contributed by atoms with Crippen LogP contribution in [0.5, 0.6) is 0 Å². The van der Waals surface area contributed by atoms with Crippen LogP contribution in [0.3, 0.4) is 0 Å². The molecule has 0 amide bonds. The van der Waals surface area contributed by atoms with Crippen LogP contribution in [0.4, 0.5) is 0 Å². The molecule has 0 aromatic carbocycles. The number of rotatable bonds is 9. The lowest BCUT2D eigenvalue weighted by atomic mass is 10.1. The van der Waals surface area contributed by atoms with E-state index in [1.54, 1.807) is 0 Å². The molecule has 4 atom stereocenters. The minimum atomic E-state index is -1.02. The Balaban J connectivity index is 2.05. The SMILES string of the molecule is CCCCCCCOC[C@@H]1O[C@@H](CO)[C@@H](O)[C@@H]1O. The Labute approximate surface area is 109 Å². The summed E-state index contributed by atoms with van der Waals surface area (Å²) in [6.07, 6.45) is 2.66. The molecule has 1 aliphatic rings. The summed E-state index contributed by atoms with van der Waals surface area (Å²) in [5, 5.41) is 28.1. The third-order valence-corrected chi connectivity index (χ3v) is 3.32. The summed E-state index contributed by atoms with van der Waals surface area (Å²) < 4.78 is 10.7. The van der Waals surface area contributed by atoms with Crippen LogP contribution in [0.25, 0.3) is 0 Å². The molecule has 0 bridgehead atoms. The standard InChI is InChI=1S/C13H26O5/c1-2-3-4-5-6-7-17-9-11-13(16)12(15)10(8-14)18-11/h10-16H,2-9H2,1H3/t10-,11-,12+,13+/m0/s1. The molecule has 0 aromatic heterocycles. The van der Waals surface area contributed by atoms with Crippen LogP contribution in [0.15, 0.2) is 0 Å². The number of hydrogen-bond acceptors (Lipinski definition) is 5. The lowest BCUT2D eigenvalue weighted by molar-refractivity contribution is -0.0561. The normalized spacial score (nSPS) is 32.0. The second-order valence-corrected chi connectivity index (χ2v) is 4.87. The lowest BCUT2D eigenvalue weighted by Gasteiger charge is -2.14. The van der Waals surface area contributed by atoms with Crippen molar-refractivity contribution in [3.63, 3.8) is 0 Å². The Bertz CT molecular complexity index is 212. The topological polar surface area (TPSA) is 79.2 Å². The van der Waals surface area contributed by atoms with Gasteiger partial charge in [0.25, 0.3) is 0 Å². The van der Waals surface area contributed by atoms with Crippen LogP contribution in [-0.4, -0.2) is 59.6 Å². The van der Waals surface area contributed by atoms with E-state index in [1.165, 1.54) is 19.3 Å². The molecule has 1 rings (SSSR count). The van der Waals surface area contributed by atoms with Gasteiger partial charge in [0.2, 0.25) is 0 Å². The van der Waals surface area contributed by atoms with Gasteiger partial charge >= 0.3 is 0 Å².